The number of aromatic nitrogens is 1. The number of aliphatic hydroxyl groups is 1. The topological polar surface area (TPSA) is 36.4 Å². The average molecular weight is 254 g/mol. The van der Waals surface area contributed by atoms with Gasteiger partial charge in [0.2, 0.25) is 0 Å². The Labute approximate surface area is 107 Å². The molecule has 4 heteroatoms. The molecule has 2 rings (SSSR count). The molecule has 17 heavy (non-hydrogen) atoms. The normalized spacial score (nSPS) is 15.7. The van der Waals surface area contributed by atoms with Gasteiger partial charge >= 0.3 is 0 Å². The van der Waals surface area contributed by atoms with Crippen molar-refractivity contribution in [2.45, 2.75) is 45.1 Å². The average Bonchev–Trinajstić information content (AvgIpc) is 3.08. The lowest BCUT2D eigenvalue weighted by Crippen LogP contribution is -2.27. The maximum atomic E-state index is 9.06. The first kappa shape index (κ1) is 13.0. The van der Waals surface area contributed by atoms with Gasteiger partial charge < -0.3 is 5.11 Å². The van der Waals surface area contributed by atoms with E-state index < -0.39 is 0 Å². The Morgan fingerprint density at radius 2 is 2.29 bits per heavy atom. The predicted octanol–water partition coefficient (Wildman–Crippen LogP) is 2.61. The number of nitrogens with zero attached hydrogens (tertiary/aromatic N) is 2. The molecule has 0 atom stereocenters. The quantitative estimate of drug-likeness (QED) is 0.774. The molecule has 1 aromatic rings. The first-order valence-electron chi connectivity index (χ1n) is 6.61. The summed E-state index contributed by atoms with van der Waals surface area (Å²) in [6, 6.07) is 0. The zero-order chi connectivity index (χ0) is 12.1. The number of hydrogen-bond acceptors (Lipinski definition) is 4. The van der Waals surface area contributed by atoms with Crippen LogP contribution in [0, 0.1) is 0 Å². The molecule has 1 aliphatic carbocycles. The molecule has 1 aromatic heterocycles. The van der Waals surface area contributed by atoms with Crippen LogP contribution in [0.25, 0.3) is 0 Å². The summed E-state index contributed by atoms with van der Waals surface area (Å²) in [5.74, 6) is 0.760. The van der Waals surface area contributed by atoms with Gasteiger partial charge in [0.15, 0.2) is 0 Å². The minimum absolute atomic E-state index is 0.248. The first-order chi connectivity index (χ1) is 8.33. The Morgan fingerprint density at radius 1 is 1.47 bits per heavy atom. The molecule has 0 bridgehead atoms. The number of aliphatic hydroxyl groups excluding tert-OH is 1. The van der Waals surface area contributed by atoms with Crippen molar-refractivity contribution in [2.75, 3.05) is 19.7 Å². The van der Waals surface area contributed by atoms with Gasteiger partial charge in [-0.3, -0.25) is 4.90 Å². The summed E-state index contributed by atoms with van der Waals surface area (Å²) in [6.07, 6.45) is 7.08. The van der Waals surface area contributed by atoms with E-state index >= 15 is 0 Å². The minimum atomic E-state index is 0.248. The van der Waals surface area contributed by atoms with Crippen LogP contribution >= 0.6 is 11.3 Å². The fourth-order valence-corrected chi connectivity index (χ4v) is 3.06. The fraction of sp³-hybridized carbons (Fsp3) is 0.769. The zero-order valence-electron chi connectivity index (χ0n) is 10.6. The maximum Gasteiger partial charge on any atom is 0.0959 e. The summed E-state index contributed by atoms with van der Waals surface area (Å²) in [5.41, 5.74) is 0. The van der Waals surface area contributed by atoms with Gasteiger partial charge in [0, 0.05) is 30.1 Å². The van der Waals surface area contributed by atoms with Crippen LogP contribution < -0.4 is 0 Å². The number of hydrogen-bond donors (Lipinski definition) is 1. The Kier molecular flexibility index (Phi) is 4.95. The number of unbranched alkanes of at least 4 members (excludes halogenated alkanes) is 1. The molecule has 0 aliphatic heterocycles. The van der Waals surface area contributed by atoms with Gasteiger partial charge in [0.05, 0.1) is 11.6 Å². The molecule has 1 heterocycles. The molecule has 0 radical (unpaired) electrons. The smallest absolute Gasteiger partial charge is 0.0959 e. The molecular formula is C13H22N2OS. The second-order valence-corrected chi connectivity index (χ2v) is 5.94. The predicted molar refractivity (Wildman–Crippen MR) is 71.4 cm³/mol. The van der Waals surface area contributed by atoms with Gasteiger partial charge in [-0.2, -0.15) is 0 Å². The standard InChI is InChI=1S/C13H22N2OS/c1-2-3-6-15(7-8-16)10-12-9-14-13(17-12)11-4-5-11/h9,11,16H,2-8,10H2,1H3. The fourth-order valence-electron chi connectivity index (χ4n) is 1.93. The zero-order valence-corrected chi connectivity index (χ0v) is 11.4. The summed E-state index contributed by atoms with van der Waals surface area (Å²) in [5, 5.41) is 10.4. The van der Waals surface area contributed by atoms with Crippen molar-refractivity contribution < 1.29 is 5.11 Å². The van der Waals surface area contributed by atoms with E-state index in [1.165, 1.54) is 35.6 Å². The SMILES string of the molecule is CCCCN(CCO)Cc1cnc(C2CC2)s1. The van der Waals surface area contributed by atoms with Crippen LogP contribution in [0.15, 0.2) is 6.20 Å². The van der Waals surface area contributed by atoms with Gasteiger partial charge in [0.25, 0.3) is 0 Å². The second-order valence-electron chi connectivity index (χ2n) is 4.79. The highest BCUT2D eigenvalue weighted by atomic mass is 32.1. The first-order valence-corrected chi connectivity index (χ1v) is 7.43. The highest BCUT2D eigenvalue weighted by molar-refractivity contribution is 7.11. The van der Waals surface area contributed by atoms with Gasteiger partial charge in [-0.25, -0.2) is 4.98 Å². The highest BCUT2D eigenvalue weighted by Gasteiger charge is 2.26. The summed E-state index contributed by atoms with van der Waals surface area (Å²) < 4.78 is 0. The van der Waals surface area contributed by atoms with E-state index in [0.717, 1.165) is 25.6 Å². The van der Waals surface area contributed by atoms with Crippen LogP contribution in [0.4, 0.5) is 0 Å². The van der Waals surface area contributed by atoms with E-state index in [1.54, 1.807) is 0 Å². The van der Waals surface area contributed by atoms with Crippen molar-refractivity contribution >= 4 is 11.3 Å². The largest absolute Gasteiger partial charge is 0.395 e. The van der Waals surface area contributed by atoms with Gasteiger partial charge in [-0.15, -0.1) is 11.3 Å². The van der Waals surface area contributed by atoms with E-state index in [9.17, 15) is 0 Å². The second kappa shape index (κ2) is 6.47. The Hall–Kier alpha value is -0.450. The lowest BCUT2D eigenvalue weighted by Gasteiger charge is -2.19. The van der Waals surface area contributed by atoms with Crippen LogP contribution in [-0.4, -0.2) is 34.7 Å². The molecule has 1 aliphatic rings. The number of rotatable bonds is 8. The van der Waals surface area contributed by atoms with E-state index in [0.29, 0.717) is 0 Å². The monoisotopic (exact) mass is 254 g/mol. The van der Waals surface area contributed by atoms with Gasteiger partial charge in [-0.05, 0) is 25.8 Å². The third kappa shape index (κ3) is 4.05. The van der Waals surface area contributed by atoms with Crippen molar-refractivity contribution in [3.63, 3.8) is 0 Å². The Bertz CT molecular complexity index is 336. The van der Waals surface area contributed by atoms with Crippen LogP contribution in [-0.2, 0) is 6.54 Å². The summed E-state index contributed by atoms with van der Waals surface area (Å²) in [7, 11) is 0. The van der Waals surface area contributed by atoms with E-state index in [2.05, 4.69) is 16.8 Å². The molecule has 3 nitrogen and oxygen atoms in total. The lowest BCUT2D eigenvalue weighted by molar-refractivity contribution is 0.189. The van der Waals surface area contributed by atoms with E-state index in [1.807, 2.05) is 17.5 Å². The summed E-state index contributed by atoms with van der Waals surface area (Å²) in [4.78, 5) is 8.17. The number of thiazole rings is 1. The third-order valence-electron chi connectivity index (χ3n) is 3.12. The summed E-state index contributed by atoms with van der Waals surface area (Å²) in [6.45, 7) is 5.25. The van der Waals surface area contributed by atoms with E-state index in [4.69, 9.17) is 5.11 Å². The molecule has 0 aromatic carbocycles. The van der Waals surface area contributed by atoms with E-state index in [-0.39, 0.29) is 6.61 Å². The molecule has 1 saturated carbocycles. The van der Waals surface area contributed by atoms with Crippen molar-refractivity contribution in [1.82, 2.24) is 9.88 Å². The Balaban J connectivity index is 1.85. The summed E-state index contributed by atoms with van der Waals surface area (Å²) >= 11 is 1.86. The van der Waals surface area contributed by atoms with Crippen molar-refractivity contribution in [2.24, 2.45) is 0 Å². The van der Waals surface area contributed by atoms with Gasteiger partial charge in [-0.1, -0.05) is 13.3 Å². The molecular weight excluding hydrogens is 232 g/mol. The third-order valence-corrected chi connectivity index (χ3v) is 4.27. The maximum absolute atomic E-state index is 9.06. The molecule has 0 spiro atoms. The van der Waals surface area contributed by atoms with Crippen LogP contribution in [0.5, 0.6) is 0 Å². The van der Waals surface area contributed by atoms with Gasteiger partial charge in [0.1, 0.15) is 0 Å². The lowest BCUT2D eigenvalue weighted by atomic mass is 10.3. The molecule has 0 amide bonds. The Morgan fingerprint density at radius 3 is 2.94 bits per heavy atom. The molecule has 1 N–H and O–H groups in total. The van der Waals surface area contributed by atoms with Crippen molar-refractivity contribution in [1.29, 1.82) is 0 Å². The molecule has 96 valence electrons. The van der Waals surface area contributed by atoms with Crippen LogP contribution in [0.3, 0.4) is 0 Å². The molecule has 1 fully saturated rings. The highest BCUT2D eigenvalue weighted by Crippen LogP contribution is 2.41. The molecule has 0 unspecified atom stereocenters. The van der Waals surface area contributed by atoms with Crippen molar-refractivity contribution in [3.8, 4) is 0 Å². The molecule has 0 saturated heterocycles. The van der Waals surface area contributed by atoms with Crippen LogP contribution in [0.1, 0.15) is 48.4 Å². The van der Waals surface area contributed by atoms with Crippen LogP contribution in [0.2, 0.25) is 0 Å². The van der Waals surface area contributed by atoms with Crippen molar-refractivity contribution in [3.05, 3.63) is 16.1 Å². The minimum Gasteiger partial charge on any atom is -0.395 e.